The van der Waals surface area contributed by atoms with Gasteiger partial charge in [0.25, 0.3) is 0 Å². The molecule has 1 aliphatic rings. The molecule has 17 heavy (non-hydrogen) atoms. The average molecular weight is 231 g/mol. The fourth-order valence-corrected chi connectivity index (χ4v) is 1.51. The van der Waals surface area contributed by atoms with Gasteiger partial charge in [-0.05, 0) is 27.7 Å². The maximum absolute atomic E-state index is 8.78. The van der Waals surface area contributed by atoms with Gasteiger partial charge in [-0.2, -0.15) is 5.26 Å². The lowest BCUT2D eigenvalue weighted by Gasteiger charge is -2.32. The van der Waals surface area contributed by atoms with Crippen molar-refractivity contribution in [3.63, 3.8) is 0 Å². The van der Waals surface area contributed by atoms with E-state index in [0.29, 0.717) is 5.59 Å². The second-order valence-electron chi connectivity index (χ2n) is 5.03. The predicted octanol–water partition coefficient (Wildman–Crippen LogP) is 0.647. The molecule has 0 saturated carbocycles. The van der Waals surface area contributed by atoms with Crippen LogP contribution in [0.2, 0.25) is 0 Å². The number of aromatic nitrogens is 2. The van der Waals surface area contributed by atoms with E-state index in [1.54, 1.807) is 6.20 Å². The molecule has 0 amide bonds. The summed E-state index contributed by atoms with van der Waals surface area (Å²) in [4.78, 5) is 8.08. The van der Waals surface area contributed by atoms with Crippen LogP contribution in [0.4, 0.5) is 0 Å². The zero-order chi connectivity index (χ0) is 12.7. The highest BCUT2D eigenvalue weighted by molar-refractivity contribution is 6.61. The smallest absolute Gasteiger partial charge is 0.398 e. The second kappa shape index (κ2) is 3.79. The van der Waals surface area contributed by atoms with Crippen LogP contribution >= 0.6 is 0 Å². The van der Waals surface area contributed by atoms with Gasteiger partial charge in [0.1, 0.15) is 6.07 Å². The van der Waals surface area contributed by atoms with E-state index in [1.807, 2.05) is 33.8 Å². The van der Waals surface area contributed by atoms with E-state index in [2.05, 4.69) is 9.97 Å². The van der Waals surface area contributed by atoms with Gasteiger partial charge in [0.15, 0.2) is 5.69 Å². The molecule has 0 bridgehead atoms. The third-order valence-corrected chi connectivity index (χ3v) is 3.26. The third-order valence-electron chi connectivity index (χ3n) is 3.26. The maximum Gasteiger partial charge on any atom is 0.516 e. The first-order valence-electron chi connectivity index (χ1n) is 5.43. The Kier molecular flexibility index (Phi) is 2.68. The Morgan fingerprint density at radius 2 is 1.76 bits per heavy atom. The largest absolute Gasteiger partial charge is 0.516 e. The van der Waals surface area contributed by atoms with Gasteiger partial charge in [-0.3, -0.25) is 4.98 Å². The molecular weight excluding hydrogens is 217 g/mol. The quantitative estimate of drug-likeness (QED) is 0.663. The summed E-state index contributed by atoms with van der Waals surface area (Å²) in [5.41, 5.74) is -0.0378. The molecule has 1 fully saturated rings. The van der Waals surface area contributed by atoms with Crippen LogP contribution in [0.15, 0.2) is 12.4 Å². The van der Waals surface area contributed by atoms with Crippen molar-refractivity contribution in [3.8, 4) is 6.07 Å². The number of rotatable bonds is 1. The van der Waals surface area contributed by atoms with E-state index < -0.39 is 18.3 Å². The monoisotopic (exact) mass is 231 g/mol. The van der Waals surface area contributed by atoms with Crippen LogP contribution in [0.25, 0.3) is 0 Å². The Balaban J connectivity index is 2.29. The zero-order valence-corrected chi connectivity index (χ0v) is 10.4. The third kappa shape index (κ3) is 2.04. The molecule has 88 valence electrons. The summed E-state index contributed by atoms with van der Waals surface area (Å²) in [6.07, 6.45) is 2.97. The van der Waals surface area contributed by atoms with Gasteiger partial charge >= 0.3 is 7.12 Å². The van der Waals surface area contributed by atoms with E-state index in [4.69, 9.17) is 14.6 Å². The summed E-state index contributed by atoms with van der Waals surface area (Å²) in [6.45, 7) is 7.87. The van der Waals surface area contributed by atoms with Gasteiger partial charge in [-0.1, -0.05) is 0 Å². The fourth-order valence-electron chi connectivity index (χ4n) is 1.51. The van der Waals surface area contributed by atoms with Crippen molar-refractivity contribution in [2.45, 2.75) is 38.9 Å². The Labute approximate surface area is 101 Å². The molecule has 0 atom stereocenters. The molecule has 0 aliphatic carbocycles. The first kappa shape index (κ1) is 12.0. The van der Waals surface area contributed by atoms with E-state index in [-0.39, 0.29) is 5.69 Å². The van der Waals surface area contributed by atoms with Crippen LogP contribution in [-0.2, 0) is 9.31 Å². The van der Waals surface area contributed by atoms with Crippen LogP contribution < -0.4 is 5.59 Å². The Morgan fingerprint density at radius 1 is 1.18 bits per heavy atom. The molecule has 2 heterocycles. The SMILES string of the molecule is CC1(C)OB(c2cncc(C#N)n2)OC1(C)C. The summed E-state index contributed by atoms with van der Waals surface area (Å²) < 4.78 is 11.6. The number of hydrogen-bond acceptors (Lipinski definition) is 5. The highest BCUT2D eigenvalue weighted by Crippen LogP contribution is 2.36. The summed E-state index contributed by atoms with van der Waals surface area (Å²) in [5.74, 6) is 0. The van der Waals surface area contributed by atoms with Gasteiger partial charge in [0.2, 0.25) is 0 Å². The topological polar surface area (TPSA) is 68.0 Å². The van der Waals surface area contributed by atoms with Gasteiger partial charge in [-0.25, -0.2) is 4.98 Å². The normalized spacial score (nSPS) is 21.2. The lowest BCUT2D eigenvalue weighted by molar-refractivity contribution is 0.00578. The Hall–Kier alpha value is -1.45. The van der Waals surface area contributed by atoms with Crippen molar-refractivity contribution in [2.75, 3.05) is 0 Å². The van der Waals surface area contributed by atoms with Gasteiger partial charge in [-0.15, -0.1) is 0 Å². The summed E-state index contributed by atoms with van der Waals surface area (Å²) >= 11 is 0. The van der Waals surface area contributed by atoms with Gasteiger partial charge in [0, 0.05) is 6.20 Å². The molecule has 0 radical (unpaired) electrons. The van der Waals surface area contributed by atoms with Crippen molar-refractivity contribution < 1.29 is 9.31 Å². The second-order valence-corrected chi connectivity index (χ2v) is 5.03. The molecule has 0 aromatic carbocycles. The van der Waals surface area contributed by atoms with Crippen molar-refractivity contribution in [1.82, 2.24) is 9.97 Å². The molecule has 1 aliphatic heterocycles. The maximum atomic E-state index is 8.78. The standard InChI is InChI=1S/C11H14BN3O2/c1-10(2)11(3,4)17-12(16-10)9-7-14-6-8(5-13)15-9/h6-7H,1-4H3. The van der Waals surface area contributed by atoms with Crippen molar-refractivity contribution >= 4 is 12.7 Å². The predicted molar refractivity (Wildman–Crippen MR) is 62.5 cm³/mol. The van der Waals surface area contributed by atoms with Crippen molar-refractivity contribution in [1.29, 1.82) is 5.26 Å². The lowest BCUT2D eigenvalue weighted by Crippen LogP contribution is -2.41. The summed E-state index contributed by atoms with van der Waals surface area (Å²) in [5, 5.41) is 8.78. The van der Waals surface area contributed by atoms with Crippen LogP contribution in [0.1, 0.15) is 33.4 Å². The highest BCUT2D eigenvalue weighted by atomic mass is 16.7. The molecule has 1 aromatic rings. The van der Waals surface area contributed by atoms with E-state index in [0.717, 1.165) is 0 Å². The van der Waals surface area contributed by atoms with E-state index in [9.17, 15) is 0 Å². The minimum absolute atomic E-state index is 0.261. The molecule has 0 unspecified atom stereocenters. The Morgan fingerprint density at radius 3 is 2.29 bits per heavy atom. The fraction of sp³-hybridized carbons (Fsp3) is 0.545. The van der Waals surface area contributed by atoms with Crippen LogP contribution in [0, 0.1) is 11.3 Å². The number of nitrogens with zero attached hydrogens (tertiary/aromatic N) is 3. The molecule has 0 spiro atoms. The van der Waals surface area contributed by atoms with Crippen LogP contribution in [0.5, 0.6) is 0 Å². The molecule has 5 nitrogen and oxygen atoms in total. The zero-order valence-electron chi connectivity index (χ0n) is 10.4. The summed E-state index contributed by atoms with van der Waals surface area (Å²) in [7, 11) is -0.569. The minimum atomic E-state index is -0.569. The minimum Gasteiger partial charge on any atom is -0.398 e. The molecular formula is C11H14BN3O2. The molecule has 0 N–H and O–H groups in total. The molecule has 2 rings (SSSR count). The summed E-state index contributed by atoms with van der Waals surface area (Å²) in [6, 6.07) is 1.95. The molecule has 1 saturated heterocycles. The highest BCUT2D eigenvalue weighted by Gasteiger charge is 2.52. The van der Waals surface area contributed by atoms with Crippen molar-refractivity contribution in [2.24, 2.45) is 0 Å². The molecule has 1 aromatic heterocycles. The number of nitriles is 1. The van der Waals surface area contributed by atoms with Crippen LogP contribution in [0.3, 0.4) is 0 Å². The average Bonchev–Trinajstić information content (AvgIpc) is 2.48. The first-order chi connectivity index (χ1) is 7.86. The van der Waals surface area contributed by atoms with Crippen LogP contribution in [-0.4, -0.2) is 28.3 Å². The van der Waals surface area contributed by atoms with Gasteiger partial charge < -0.3 is 9.31 Å². The lowest BCUT2D eigenvalue weighted by atomic mass is 9.85. The van der Waals surface area contributed by atoms with Crippen molar-refractivity contribution in [3.05, 3.63) is 18.1 Å². The first-order valence-corrected chi connectivity index (χ1v) is 5.43. The van der Waals surface area contributed by atoms with Gasteiger partial charge in [0.05, 0.1) is 23.0 Å². The van der Waals surface area contributed by atoms with E-state index >= 15 is 0 Å². The van der Waals surface area contributed by atoms with E-state index in [1.165, 1.54) is 6.20 Å². The number of hydrogen-bond donors (Lipinski definition) is 0. The molecule has 6 heteroatoms. The Bertz CT molecular complexity index is 466.